The summed E-state index contributed by atoms with van der Waals surface area (Å²) in [6.45, 7) is 0.739. The third-order valence-electron chi connectivity index (χ3n) is 4.77. The molecule has 134 valence electrons. The van der Waals surface area contributed by atoms with E-state index >= 15 is 0 Å². The van der Waals surface area contributed by atoms with E-state index in [-0.39, 0.29) is 11.9 Å². The van der Waals surface area contributed by atoms with Gasteiger partial charge in [-0.2, -0.15) is 5.26 Å². The van der Waals surface area contributed by atoms with Crippen molar-refractivity contribution in [2.24, 2.45) is 0 Å². The van der Waals surface area contributed by atoms with Crippen LogP contribution >= 0.6 is 0 Å². The number of nitrogens with one attached hydrogen (secondary N) is 1. The number of nitrogens with zero attached hydrogens (tertiary/aromatic N) is 5. The number of rotatable bonds is 3. The summed E-state index contributed by atoms with van der Waals surface area (Å²) >= 11 is 0. The number of carbonyl (C=O) groups is 1. The lowest BCUT2D eigenvalue weighted by Crippen LogP contribution is -2.35. The third-order valence-corrected chi connectivity index (χ3v) is 4.77. The van der Waals surface area contributed by atoms with Crippen LogP contribution in [0.3, 0.4) is 0 Å². The van der Waals surface area contributed by atoms with Gasteiger partial charge in [-0.15, -0.1) is 10.2 Å². The fourth-order valence-electron chi connectivity index (χ4n) is 3.35. The Hall–Kier alpha value is -3.53. The molecule has 3 aromatic rings. The maximum absolute atomic E-state index is 12.5. The molecule has 0 aliphatic carbocycles. The Kier molecular flexibility index (Phi) is 4.62. The molecular formula is C20H18N6O. The van der Waals surface area contributed by atoms with Crippen molar-refractivity contribution in [3.05, 3.63) is 65.7 Å². The van der Waals surface area contributed by atoms with Crippen molar-refractivity contribution in [2.75, 3.05) is 0 Å². The lowest BCUT2D eigenvalue weighted by molar-refractivity contribution is 0.0933. The van der Waals surface area contributed by atoms with Gasteiger partial charge in [-0.25, -0.2) is 0 Å². The van der Waals surface area contributed by atoms with Crippen LogP contribution in [0.4, 0.5) is 0 Å². The summed E-state index contributed by atoms with van der Waals surface area (Å²) in [6, 6.07) is 12.7. The van der Waals surface area contributed by atoms with Gasteiger partial charge in [0.25, 0.3) is 5.91 Å². The van der Waals surface area contributed by atoms with Gasteiger partial charge in [-0.1, -0.05) is 6.07 Å². The predicted molar refractivity (Wildman–Crippen MR) is 98.6 cm³/mol. The van der Waals surface area contributed by atoms with Crippen LogP contribution in [-0.4, -0.2) is 31.7 Å². The SMILES string of the molecule is N#Cc1cccc(C(=O)NC2CCc3nnc(-c4ccncc4)n3CC2)c1. The molecule has 0 fully saturated rings. The summed E-state index contributed by atoms with van der Waals surface area (Å²) in [5, 5.41) is 20.7. The molecule has 1 aromatic carbocycles. The van der Waals surface area contributed by atoms with Crippen molar-refractivity contribution >= 4 is 5.91 Å². The van der Waals surface area contributed by atoms with Crippen LogP contribution in [0.2, 0.25) is 0 Å². The first-order valence-corrected chi connectivity index (χ1v) is 8.88. The van der Waals surface area contributed by atoms with Crippen LogP contribution in [0.5, 0.6) is 0 Å². The Morgan fingerprint density at radius 3 is 2.85 bits per heavy atom. The van der Waals surface area contributed by atoms with E-state index in [1.54, 1.807) is 36.7 Å². The maximum atomic E-state index is 12.5. The minimum absolute atomic E-state index is 0.0511. The second kappa shape index (κ2) is 7.38. The average Bonchev–Trinajstić information content (AvgIpc) is 3.03. The van der Waals surface area contributed by atoms with E-state index in [0.29, 0.717) is 11.1 Å². The molecule has 0 saturated heterocycles. The monoisotopic (exact) mass is 358 g/mol. The van der Waals surface area contributed by atoms with Gasteiger partial charge >= 0.3 is 0 Å². The molecule has 4 rings (SSSR count). The Bertz CT molecular complexity index is 1000. The highest BCUT2D eigenvalue weighted by molar-refractivity contribution is 5.94. The number of nitriles is 1. The molecule has 0 saturated carbocycles. The minimum Gasteiger partial charge on any atom is -0.349 e. The first kappa shape index (κ1) is 16.9. The van der Waals surface area contributed by atoms with Crippen molar-refractivity contribution in [1.82, 2.24) is 25.1 Å². The van der Waals surface area contributed by atoms with E-state index in [4.69, 9.17) is 5.26 Å². The van der Waals surface area contributed by atoms with Gasteiger partial charge in [0.2, 0.25) is 0 Å². The van der Waals surface area contributed by atoms with Crippen molar-refractivity contribution < 1.29 is 4.79 Å². The van der Waals surface area contributed by atoms with E-state index < -0.39 is 0 Å². The molecule has 0 spiro atoms. The number of amides is 1. The van der Waals surface area contributed by atoms with Gasteiger partial charge in [-0.3, -0.25) is 9.78 Å². The largest absolute Gasteiger partial charge is 0.349 e. The van der Waals surface area contributed by atoms with E-state index in [1.807, 2.05) is 12.1 Å². The van der Waals surface area contributed by atoms with Gasteiger partial charge in [0.1, 0.15) is 5.82 Å². The van der Waals surface area contributed by atoms with E-state index in [9.17, 15) is 4.79 Å². The number of pyridine rings is 1. The Morgan fingerprint density at radius 2 is 2.04 bits per heavy atom. The van der Waals surface area contributed by atoms with Crippen LogP contribution in [0.1, 0.15) is 34.6 Å². The van der Waals surface area contributed by atoms with Crippen LogP contribution < -0.4 is 5.32 Å². The quantitative estimate of drug-likeness (QED) is 0.775. The van der Waals surface area contributed by atoms with Crippen LogP contribution in [0, 0.1) is 11.3 Å². The molecule has 1 aliphatic heterocycles. The van der Waals surface area contributed by atoms with Gasteiger partial charge in [0.05, 0.1) is 11.6 Å². The molecule has 27 heavy (non-hydrogen) atoms. The number of fused-ring (bicyclic) bond motifs is 1. The van der Waals surface area contributed by atoms with Crippen molar-refractivity contribution in [2.45, 2.75) is 31.8 Å². The predicted octanol–water partition coefficient (Wildman–Crippen LogP) is 2.35. The van der Waals surface area contributed by atoms with Crippen LogP contribution in [-0.2, 0) is 13.0 Å². The zero-order valence-electron chi connectivity index (χ0n) is 14.7. The molecule has 7 nitrogen and oxygen atoms in total. The zero-order chi connectivity index (χ0) is 18.6. The third kappa shape index (κ3) is 3.55. The van der Waals surface area contributed by atoms with Crippen molar-refractivity contribution in [1.29, 1.82) is 5.26 Å². The molecule has 2 aromatic heterocycles. The first-order valence-electron chi connectivity index (χ1n) is 8.88. The Balaban J connectivity index is 1.47. The number of hydrogen-bond acceptors (Lipinski definition) is 5. The number of aromatic nitrogens is 4. The Labute approximate surface area is 156 Å². The highest BCUT2D eigenvalue weighted by atomic mass is 16.1. The summed E-state index contributed by atoms with van der Waals surface area (Å²) in [5.41, 5.74) is 1.98. The zero-order valence-corrected chi connectivity index (χ0v) is 14.7. The van der Waals surface area contributed by atoms with E-state index in [0.717, 1.165) is 43.0 Å². The van der Waals surface area contributed by atoms with Crippen LogP contribution in [0.15, 0.2) is 48.8 Å². The second-order valence-corrected chi connectivity index (χ2v) is 6.52. The van der Waals surface area contributed by atoms with Crippen molar-refractivity contribution in [3.8, 4) is 17.5 Å². The van der Waals surface area contributed by atoms with Gasteiger partial charge in [-0.05, 0) is 43.2 Å². The highest BCUT2D eigenvalue weighted by Gasteiger charge is 2.22. The molecule has 0 radical (unpaired) electrons. The standard InChI is InChI=1S/C20H18N6O/c21-13-14-2-1-3-16(12-14)20(27)23-17-4-5-18-24-25-19(26(18)11-8-17)15-6-9-22-10-7-15/h1-3,6-7,9-10,12,17H,4-5,8,11H2,(H,23,27). The van der Waals surface area contributed by atoms with E-state index in [2.05, 4.69) is 31.1 Å². The maximum Gasteiger partial charge on any atom is 0.251 e. The molecule has 0 bridgehead atoms. The van der Waals surface area contributed by atoms with Gasteiger partial charge in [0.15, 0.2) is 5.82 Å². The topological polar surface area (TPSA) is 96.5 Å². The summed E-state index contributed by atoms with van der Waals surface area (Å²) in [7, 11) is 0. The molecule has 1 amide bonds. The number of carbonyl (C=O) groups excluding carboxylic acids is 1. The second-order valence-electron chi connectivity index (χ2n) is 6.52. The summed E-state index contributed by atoms with van der Waals surface area (Å²) < 4.78 is 2.12. The molecular weight excluding hydrogens is 340 g/mol. The number of benzene rings is 1. The number of hydrogen-bond donors (Lipinski definition) is 1. The molecule has 1 unspecified atom stereocenters. The average molecular weight is 358 g/mol. The summed E-state index contributed by atoms with van der Waals surface area (Å²) in [4.78, 5) is 16.6. The van der Waals surface area contributed by atoms with E-state index in [1.165, 1.54) is 0 Å². The molecule has 7 heteroatoms. The van der Waals surface area contributed by atoms with Gasteiger partial charge in [0, 0.05) is 42.5 Å². The number of aryl methyl sites for hydroxylation is 1. The summed E-state index contributed by atoms with van der Waals surface area (Å²) in [6.07, 6.45) is 5.84. The lowest BCUT2D eigenvalue weighted by atomic mass is 10.1. The highest BCUT2D eigenvalue weighted by Crippen LogP contribution is 2.22. The Morgan fingerprint density at radius 1 is 1.19 bits per heavy atom. The molecule has 3 heterocycles. The lowest BCUT2D eigenvalue weighted by Gasteiger charge is -2.16. The van der Waals surface area contributed by atoms with Crippen molar-refractivity contribution in [3.63, 3.8) is 0 Å². The normalized spacial score (nSPS) is 16.0. The van der Waals surface area contributed by atoms with Crippen LogP contribution in [0.25, 0.3) is 11.4 Å². The first-order chi connectivity index (χ1) is 13.2. The fraction of sp³-hybridized carbons (Fsp3) is 0.250. The minimum atomic E-state index is -0.149. The fourth-order valence-corrected chi connectivity index (χ4v) is 3.35. The summed E-state index contributed by atoms with van der Waals surface area (Å²) in [5.74, 6) is 1.62. The molecule has 1 N–H and O–H groups in total. The molecule has 1 atom stereocenters. The molecule has 1 aliphatic rings. The smallest absolute Gasteiger partial charge is 0.251 e. The van der Waals surface area contributed by atoms with Gasteiger partial charge < -0.3 is 9.88 Å².